The lowest BCUT2D eigenvalue weighted by Gasteiger charge is -2.13. The summed E-state index contributed by atoms with van der Waals surface area (Å²) in [6.07, 6.45) is 11.4. The number of aliphatic carboxylic acids is 1. The Morgan fingerprint density at radius 3 is 2.41 bits per heavy atom. The van der Waals surface area contributed by atoms with E-state index < -0.39 is 5.97 Å². The second-order valence-corrected chi connectivity index (χ2v) is 7.27. The van der Waals surface area contributed by atoms with Crippen molar-refractivity contribution in [2.75, 3.05) is 0 Å². The molecule has 1 aromatic rings. The van der Waals surface area contributed by atoms with Crippen molar-refractivity contribution < 1.29 is 9.90 Å². The smallest absolute Gasteiger partial charge is 0.303 e. The summed E-state index contributed by atoms with van der Waals surface area (Å²) in [5.74, 6) is 0.960. The van der Waals surface area contributed by atoms with Gasteiger partial charge in [-0.3, -0.25) is 9.78 Å². The third-order valence-electron chi connectivity index (χ3n) is 4.44. The van der Waals surface area contributed by atoms with Crippen LogP contribution in [0.5, 0.6) is 0 Å². The molecule has 0 fully saturated rings. The van der Waals surface area contributed by atoms with Gasteiger partial charge in [0, 0.05) is 18.2 Å². The molecule has 0 aliphatic heterocycles. The molecular weight excluding hydrogens is 336 g/mol. The first kappa shape index (κ1) is 24.8. The average molecular weight is 373 g/mol. The van der Waals surface area contributed by atoms with Gasteiger partial charge < -0.3 is 5.11 Å². The number of allylic oxidation sites excluding steroid dienone is 4. The summed E-state index contributed by atoms with van der Waals surface area (Å²) in [7, 11) is 0. The van der Waals surface area contributed by atoms with E-state index in [2.05, 4.69) is 50.8 Å². The van der Waals surface area contributed by atoms with E-state index in [1.54, 1.807) is 24.5 Å². The molecule has 1 unspecified atom stereocenters. The van der Waals surface area contributed by atoms with Gasteiger partial charge in [0.05, 0.1) is 17.6 Å². The number of hydrogen-bond donors (Lipinski definition) is 1. The molecule has 0 saturated carbocycles. The van der Waals surface area contributed by atoms with Crippen LogP contribution >= 0.6 is 0 Å². The minimum atomic E-state index is -0.833. The van der Waals surface area contributed by atoms with E-state index in [9.17, 15) is 4.79 Å². The molecule has 4 heteroatoms. The maximum atomic E-state index is 10.5. The number of nitrogens with zero attached hydrogens (tertiary/aromatic N) is 2. The molecule has 4 nitrogen and oxygen atoms in total. The molecule has 0 radical (unpaired) electrons. The van der Waals surface area contributed by atoms with Gasteiger partial charge >= 0.3 is 5.97 Å². The second kappa shape index (κ2) is 13.9. The predicted octanol–water partition coefficient (Wildman–Crippen LogP) is 6.24. The highest BCUT2D eigenvalue weighted by atomic mass is 16.4. The molecule has 0 spiro atoms. The fourth-order valence-electron chi connectivity index (χ4n) is 2.26. The zero-order valence-electron chi connectivity index (χ0n) is 17.7. The van der Waals surface area contributed by atoms with Gasteiger partial charge in [-0.1, -0.05) is 77.8 Å². The standard InChI is InChI=1S/C14H16N2O2.C9H20/c1-4-12(7-10(2)5-6-14(17)18)13-9-15-8-11(3)16-13;1-5-6-7-9(4)8(2)3/h4,7-9H,1-2,5-6H2,3H3,(H,17,18);8-9H,5-7H2,1-4H3/b12-7+;. The number of carboxylic acids is 1. The van der Waals surface area contributed by atoms with Crippen LogP contribution in [0.2, 0.25) is 0 Å². The van der Waals surface area contributed by atoms with E-state index in [0.717, 1.165) is 28.7 Å². The van der Waals surface area contributed by atoms with Crippen LogP contribution in [0.25, 0.3) is 5.57 Å². The third kappa shape index (κ3) is 11.9. The van der Waals surface area contributed by atoms with Crippen LogP contribution in [0.3, 0.4) is 0 Å². The molecule has 0 amide bonds. The largest absolute Gasteiger partial charge is 0.481 e. The fourth-order valence-corrected chi connectivity index (χ4v) is 2.26. The summed E-state index contributed by atoms with van der Waals surface area (Å²) in [4.78, 5) is 18.9. The Morgan fingerprint density at radius 2 is 1.93 bits per heavy atom. The summed E-state index contributed by atoms with van der Waals surface area (Å²) < 4.78 is 0. The summed E-state index contributed by atoms with van der Waals surface area (Å²) in [6, 6.07) is 0. The molecule has 27 heavy (non-hydrogen) atoms. The van der Waals surface area contributed by atoms with Crippen LogP contribution in [0.4, 0.5) is 0 Å². The average Bonchev–Trinajstić information content (AvgIpc) is 2.62. The van der Waals surface area contributed by atoms with Crippen LogP contribution < -0.4 is 0 Å². The molecule has 0 saturated heterocycles. The van der Waals surface area contributed by atoms with Crippen molar-refractivity contribution in [3.05, 3.63) is 54.7 Å². The molecule has 0 aliphatic carbocycles. The topological polar surface area (TPSA) is 63.1 Å². The Labute approximate surface area is 165 Å². The van der Waals surface area contributed by atoms with Gasteiger partial charge in [0.1, 0.15) is 0 Å². The molecule has 0 aromatic carbocycles. The van der Waals surface area contributed by atoms with E-state index in [-0.39, 0.29) is 6.42 Å². The molecule has 0 aliphatic rings. The first-order valence-corrected chi connectivity index (χ1v) is 9.73. The quantitative estimate of drug-likeness (QED) is 0.493. The molecule has 1 atom stereocenters. The lowest BCUT2D eigenvalue weighted by molar-refractivity contribution is -0.136. The number of carboxylic acid groups (broad SMARTS) is 1. The predicted molar refractivity (Wildman–Crippen MR) is 114 cm³/mol. The number of aryl methyl sites for hydroxylation is 1. The number of aromatic nitrogens is 2. The van der Waals surface area contributed by atoms with Crippen molar-refractivity contribution in [2.24, 2.45) is 11.8 Å². The van der Waals surface area contributed by atoms with Gasteiger partial charge in [-0.05, 0) is 25.2 Å². The maximum Gasteiger partial charge on any atom is 0.303 e. The third-order valence-corrected chi connectivity index (χ3v) is 4.44. The molecule has 150 valence electrons. The van der Waals surface area contributed by atoms with Crippen molar-refractivity contribution in [1.82, 2.24) is 9.97 Å². The highest BCUT2D eigenvalue weighted by Gasteiger charge is 2.05. The second-order valence-electron chi connectivity index (χ2n) is 7.27. The number of hydrogen-bond acceptors (Lipinski definition) is 3. The van der Waals surface area contributed by atoms with Gasteiger partial charge in [0.25, 0.3) is 0 Å². The minimum Gasteiger partial charge on any atom is -0.481 e. The van der Waals surface area contributed by atoms with Crippen molar-refractivity contribution >= 4 is 11.5 Å². The van der Waals surface area contributed by atoms with E-state index >= 15 is 0 Å². The monoisotopic (exact) mass is 372 g/mol. The first-order chi connectivity index (χ1) is 12.7. The van der Waals surface area contributed by atoms with Crippen LogP contribution in [-0.2, 0) is 4.79 Å². The lowest BCUT2D eigenvalue weighted by atomic mass is 9.93. The summed E-state index contributed by atoms with van der Waals surface area (Å²) in [5.41, 5.74) is 3.05. The van der Waals surface area contributed by atoms with Crippen LogP contribution in [-0.4, -0.2) is 21.0 Å². The highest BCUT2D eigenvalue weighted by Crippen LogP contribution is 2.17. The fraction of sp³-hybridized carbons (Fsp3) is 0.522. The Balaban J connectivity index is 0.000000636. The highest BCUT2D eigenvalue weighted by molar-refractivity contribution is 5.73. The Kier molecular flexibility index (Phi) is 12.8. The minimum absolute atomic E-state index is 0.0687. The van der Waals surface area contributed by atoms with E-state index in [1.165, 1.54) is 19.3 Å². The Morgan fingerprint density at radius 1 is 1.26 bits per heavy atom. The van der Waals surface area contributed by atoms with Crippen molar-refractivity contribution in [1.29, 1.82) is 0 Å². The van der Waals surface area contributed by atoms with E-state index in [4.69, 9.17) is 5.11 Å². The SMILES string of the molecule is C=C/C(=C\C(=C)CCC(=O)O)c1cncc(C)n1.CCCCC(C)C(C)C. The van der Waals surface area contributed by atoms with Crippen LogP contribution in [0.15, 0.2) is 43.3 Å². The number of carbonyl (C=O) groups is 1. The summed E-state index contributed by atoms with van der Waals surface area (Å²) in [5, 5.41) is 8.60. The van der Waals surface area contributed by atoms with Crippen LogP contribution in [0, 0.1) is 18.8 Å². The molecule has 1 aromatic heterocycles. The number of rotatable bonds is 10. The van der Waals surface area contributed by atoms with E-state index in [1.807, 2.05) is 6.92 Å². The molecule has 1 heterocycles. The summed E-state index contributed by atoms with van der Waals surface area (Å²) in [6.45, 7) is 18.6. The molecular formula is C23H36N2O2. The van der Waals surface area contributed by atoms with Crippen molar-refractivity contribution in [3.8, 4) is 0 Å². The van der Waals surface area contributed by atoms with E-state index in [0.29, 0.717) is 12.1 Å². The molecule has 1 N–H and O–H groups in total. The lowest BCUT2D eigenvalue weighted by Crippen LogP contribution is -2.02. The van der Waals surface area contributed by atoms with Gasteiger partial charge in [0.2, 0.25) is 0 Å². The first-order valence-electron chi connectivity index (χ1n) is 9.73. The maximum absolute atomic E-state index is 10.5. The number of unbranched alkanes of at least 4 members (excludes halogenated alkanes) is 1. The zero-order chi connectivity index (χ0) is 20.8. The van der Waals surface area contributed by atoms with Gasteiger partial charge in [0.15, 0.2) is 0 Å². The normalized spacial score (nSPS) is 12.1. The molecule has 1 rings (SSSR count). The Hall–Kier alpha value is -2.23. The van der Waals surface area contributed by atoms with Gasteiger partial charge in [-0.25, -0.2) is 4.98 Å². The zero-order valence-corrected chi connectivity index (χ0v) is 17.7. The summed E-state index contributed by atoms with van der Waals surface area (Å²) >= 11 is 0. The van der Waals surface area contributed by atoms with Gasteiger partial charge in [-0.15, -0.1) is 0 Å². The van der Waals surface area contributed by atoms with Crippen LogP contribution in [0.1, 0.15) is 71.2 Å². The molecule has 0 bridgehead atoms. The Bertz CT molecular complexity index is 633. The van der Waals surface area contributed by atoms with Crippen molar-refractivity contribution in [2.45, 2.75) is 66.7 Å². The van der Waals surface area contributed by atoms with Gasteiger partial charge in [-0.2, -0.15) is 0 Å². The van der Waals surface area contributed by atoms with Crippen molar-refractivity contribution in [3.63, 3.8) is 0 Å².